The maximum absolute atomic E-state index is 14.6. The van der Waals surface area contributed by atoms with Crippen LogP contribution in [0.1, 0.15) is 54.4 Å². The number of pyridine rings is 1. The van der Waals surface area contributed by atoms with Crippen LogP contribution in [0.2, 0.25) is 0 Å². The number of alkyl halides is 4. The summed E-state index contributed by atoms with van der Waals surface area (Å²) in [5, 5.41) is 29.7. The van der Waals surface area contributed by atoms with Gasteiger partial charge in [0.15, 0.2) is 0 Å². The van der Waals surface area contributed by atoms with Gasteiger partial charge in [0, 0.05) is 11.7 Å². The molecule has 1 aliphatic heterocycles. The molecule has 3 N–H and O–H groups in total. The molecule has 220 valence electrons. The average Bonchev–Trinajstić information content (AvgIpc) is 3.38. The molecule has 4 heterocycles. The van der Waals surface area contributed by atoms with Crippen LogP contribution in [0.15, 0.2) is 36.7 Å². The zero-order chi connectivity index (χ0) is 29.9. The highest BCUT2D eigenvalue weighted by Crippen LogP contribution is 2.48. The van der Waals surface area contributed by atoms with E-state index in [9.17, 15) is 37.5 Å². The number of aliphatic hydroxyl groups is 1. The number of aromatic nitrogens is 3. The maximum atomic E-state index is 14.6. The first-order chi connectivity index (χ1) is 19.8. The molecule has 10 nitrogen and oxygen atoms in total. The van der Waals surface area contributed by atoms with E-state index in [2.05, 4.69) is 20.7 Å². The van der Waals surface area contributed by atoms with Crippen LogP contribution in [0.5, 0.6) is 0 Å². The maximum Gasteiger partial charge on any atom is 0.341 e. The first-order valence-electron chi connectivity index (χ1n) is 13.5. The predicted molar refractivity (Wildman–Crippen MR) is 141 cm³/mol. The van der Waals surface area contributed by atoms with E-state index in [0.717, 1.165) is 0 Å². The van der Waals surface area contributed by atoms with Crippen molar-refractivity contribution in [3.63, 3.8) is 0 Å². The molecule has 4 fully saturated rings. The van der Waals surface area contributed by atoms with Crippen LogP contribution in [0.3, 0.4) is 0 Å². The molecule has 3 aromatic rings. The van der Waals surface area contributed by atoms with Crippen LogP contribution in [0, 0.1) is 11.3 Å². The lowest BCUT2D eigenvalue weighted by Crippen LogP contribution is -2.63. The van der Waals surface area contributed by atoms with Gasteiger partial charge in [0.25, 0.3) is 17.7 Å². The highest BCUT2D eigenvalue weighted by atomic mass is 19.3. The molecule has 0 unspecified atom stereocenters. The number of hydrogen-bond acceptors (Lipinski definition) is 7. The summed E-state index contributed by atoms with van der Waals surface area (Å²) < 4.78 is 56.9. The number of hydrogen-bond donors (Lipinski definition) is 3. The molecule has 7 rings (SSSR count). The third-order valence-electron chi connectivity index (χ3n) is 8.56. The Hall–Kier alpha value is -4.25. The van der Waals surface area contributed by atoms with E-state index >= 15 is 0 Å². The van der Waals surface area contributed by atoms with Gasteiger partial charge in [-0.25, -0.2) is 13.3 Å². The quantitative estimate of drug-likeness (QED) is 0.362. The second kappa shape index (κ2) is 9.65. The Morgan fingerprint density at radius 3 is 2.40 bits per heavy atom. The lowest BCUT2D eigenvalue weighted by Gasteiger charge is -2.51. The summed E-state index contributed by atoms with van der Waals surface area (Å²) in [5.41, 5.74) is 1.15. The van der Waals surface area contributed by atoms with Gasteiger partial charge >= 0.3 is 5.92 Å². The molecule has 0 atom stereocenters. The van der Waals surface area contributed by atoms with Crippen LogP contribution in [-0.2, 0) is 4.79 Å². The Bertz CT molecular complexity index is 1600. The lowest BCUT2D eigenvalue weighted by atomic mass is 9.63. The Kier molecular flexibility index (Phi) is 6.41. The van der Waals surface area contributed by atoms with Crippen molar-refractivity contribution in [2.45, 2.75) is 61.5 Å². The molecule has 3 aromatic heterocycles. The first kappa shape index (κ1) is 27.9. The van der Waals surface area contributed by atoms with Gasteiger partial charge in [-0.2, -0.15) is 19.1 Å². The van der Waals surface area contributed by atoms with Crippen molar-refractivity contribution in [3.05, 3.63) is 47.8 Å². The lowest BCUT2D eigenvalue weighted by molar-refractivity contribution is -0.186. The number of amides is 2. The molecular formula is C28H27F4N7O3. The molecule has 0 spiro atoms. The molecule has 42 heavy (non-hydrogen) atoms. The Balaban J connectivity index is 1.28. The van der Waals surface area contributed by atoms with Gasteiger partial charge in [0.2, 0.25) is 0 Å². The van der Waals surface area contributed by atoms with Crippen molar-refractivity contribution in [2.24, 2.45) is 0 Å². The van der Waals surface area contributed by atoms with Gasteiger partial charge < -0.3 is 20.6 Å². The van der Waals surface area contributed by atoms with Crippen LogP contribution in [-0.4, -0.2) is 79.0 Å². The number of anilines is 1. The van der Waals surface area contributed by atoms with E-state index in [-0.39, 0.29) is 5.56 Å². The van der Waals surface area contributed by atoms with Crippen LogP contribution in [0.25, 0.3) is 16.9 Å². The molecule has 4 aliphatic rings. The van der Waals surface area contributed by atoms with Gasteiger partial charge in [0.05, 0.1) is 65.2 Å². The van der Waals surface area contributed by atoms with E-state index in [1.54, 1.807) is 28.8 Å². The van der Waals surface area contributed by atoms with Crippen LogP contribution >= 0.6 is 0 Å². The first-order valence-corrected chi connectivity index (χ1v) is 13.5. The van der Waals surface area contributed by atoms with Crippen LogP contribution in [0.4, 0.5) is 23.2 Å². The second-order valence-electron chi connectivity index (χ2n) is 11.6. The van der Waals surface area contributed by atoms with E-state index in [1.807, 2.05) is 6.07 Å². The monoisotopic (exact) mass is 585 g/mol. The minimum atomic E-state index is -4.08. The Morgan fingerprint density at radius 1 is 1.07 bits per heavy atom. The fourth-order valence-corrected chi connectivity index (χ4v) is 6.02. The van der Waals surface area contributed by atoms with Crippen molar-refractivity contribution in [3.8, 4) is 17.5 Å². The van der Waals surface area contributed by atoms with Gasteiger partial charge in [0.1, 0.15) is 6.07 Å². The molecule has 14 heteroatoms. The standard InChI is InChI=1S/C28H27F4N7O3/c29-27(30)15-38(16-27)24(41)28(31,32)14-35-23(40)19-13-34-21(22-2-1-18-9-17(11-33)12-36-39(18)22)10-20(19)37-25-3-6-26(42,7-4-25)8-5-25/h1-2,9-10,12-13,42H,3-8,14-16H2,(H,34,37)(H,35,40). The third kappa shape index (κ3) is 5.02. The number of nitriles is 1. The van der Waals surface area contributed by atoms with Crippen molar-refractivity contribution in [1.29, 1.82) is 5.26 Å². The third-order valence-corrected chi connectivity index (χ3v) is 8.56. The normalized spacial score (nSPS) is 24.6. The minimum Gasteiger partial charge on any atom is -0.390 e. The number of likely N-dealkylation sites (tertiary alicyclic amines) is 1. The van der Waals surface area contributed by atoms with E-state index in [0.29, 0.717) is 71.6 Å². The molecule has 0 aromatic carbocycles. The molecular weight excluding hydrogens is 558 g/mol. The number of halogens is 4. The minimum absolute atomic E-state index is 0.0427. The van der Waals surface area contributed by atoms with E-state index in [1.165, 1.54) is 12.4 Å². The average molecular weight is 586 g/mol. The summed E-state index contributed by atoms with van der Waals surface area (Å²) in [6.45, 7) is -3.55. The summed E-state index contributed by atoms with van der Waals surface area (Å²) in [5.74, 6) is -9.98. The van der Waals surface area contributed by atoms with Gasteiger partial charge in [-0.1, -0.05) is 0 Å². The molecule has 0 radical (unpaired) electrons. The molecule has 2 bridgehead atoms. The zero-order valence-corrected chi connectivity index (χ0v) is 22.3. The number of carbonyl (C=O) groups is 2. The Morgan fingerprint density at radius 2 is 1.76 bits per heavy atom. The summed E-state index contributed by atoms with van der Waals surface area (Å²) in [6, 6.07) is 8.81. The topological polar surface area (TPSA) is 136 Å². The molecule has 3 saturated carbocycles. The van der Waals surface area contributed by atoms with Gasteiger partial charge in [-0.3, -0.25) is 14.6 Å². The Labute approximate surface area is 237 Å². The van der Waals surface area contributed by atoms with Crippen molar-refractivity contribution in [2.75, 3.05) is 25.0 Å². The highest BCUT2D eigenvalue weighted by molar-refractivity contribution is 6.00. The summed E-state index contributed by atoms with van der Waals surface area (Å²) in [4.78, 5) is 30.0. The van der Waals surface area contributed by atoms with Crippen molar-refractivity contribution < 1.29 is 32.3 Å². The smallest absolute Gasteiger partial charge is 0.341 e. The zero-order valence-electron chi connectivity index (χ0n) is 22.3. The fourth-order valence-electron chi connectivity index (χ4n) is 6.02. The summed E-state index contributed by atoms with van der Waals surface area (Å²) in [6.07, 6.45) is 6.31. The SMILES string of the molecule is N#Cc1cnn2c(-c3cc(NC45CCC(O)(CC4)CC5)c(C(=O)NCC(F)(F)C(=O)N4CC(F)(F)C4)cn3)ccc2c1. The number of rotatable bonds is 7. The number of fused-ring (bicyclic) bond motifs is 4. The second-order valence-corrected chi connectivity index (χ2v) is 11.6. The number of carbonyl (C=O) groups excluding carboxylic acids is 2. The number of nitrogens with zero attached hydrogens (tertiary/aromatic N) is 5. The van der Waals surface area contributed by atoms with Crippen molar-refractivity contribution >= 4 is 23.0 Å². The summed E-state index contributed by atoms with van der Waals surface area (Å²) >= 11 is 0. The fraction of sp³-hybridized carbons (Fsp3) is 0.464. The van der Waals surface area contributed by atoms with Crippen molar-refractivity contribution in [1.82, 2.24) is 24.8 Å². The summed E-state index contributed by atoms with van der Waals surface area (Å²) in [7, 11) is 0. The largest absolute Gasteiger partial charge is 0.390 e. The molecule has 3 aliphatic carbocycles. The van der Waals surface area contributed by atoms with Gasteiger partial charge in [-0.15, -0.1) is 0 Å². The van der Waals surface area contributed by atoms with E-state index < -0.39 is 54.4 Å². The highest BCUT2D eigenvalue weighted by Gasteiger charge is 2.53. The number of nitrogens with one attached hydrogen (secondary N) is 2. The van der Waals surface area contributed by atoms with Crippen LogP contribution < -0.4 is 10.6 Å². The van der Waals surface area contributed by atoms with E-state index in [4.69, 9.17) is 0 Å². The van der Waals surface area contributed by atoms with Gasteiger partial charge in [-0.05, 0) is 62.8 Å². The molecule has 1 saturated heterocycles. The predicted octanol–water partition coefficient (Wildman–Crippen LogP) is 3.36. The molecule has 2 amide bonds.